The zero-order valence-corrected chi connectivity index (χ0v) is 10.6. The van der Waals surface area contributed by atoms with Crippen LogP contribution in [0.25, 0.3) is 0 Å². The zero-order chi connectivity index (χ0) is 11.4. The van der Waals surface area contributed by atoms with Gasteiger partial charge in [0.1, 0.15) is 6.04 Å². The lowest BCUT2D eigenvalue weighted by Crippen LogP contribution is -2.44. The Labute approximate surface area is 98.1 Å². The summed E-state index contributed by atoms with van der Waals surface area (Å²) in [5, 5.41) is 0. The fourth-order valence-electron chi connectivity index (χ4n) is 1.74. The van der Waals surface area contributed by atoms with Gasteiger partial charge in [-0.3, -0.25) is 4.79 Å². The van der Waals surface area contributed by atoms with E-state index in [-0.39, 0.29) is 22.7 Å². The van der Waals surface area contributed by atoms with Crippen molar-refractivity contribution >= 4 is 27.8 Å². The molecule has 86 valence electrons. The highest BCUT2D eigenvalue weighted by Crippen LogP contribution is 2.21. The SMILES string of the molecule is CCOC(=O)[C@@H]1CCCN1C(=O)C(C)Br. The van der Waals surface area contributed by atoms with Crippen molar-refractivity contribution in [2.75, 3.05) is 13.2 Å². The predicted molar refractivity (Wildman–Crippen MR) is 59.8 cm³/mol. The Balaban J connectivity index is 2.64. The first kappa shape index (κ1) is 12.5. The van der Waals surface area contributed by atoms with Gasteiger partial charge in [-0.25, -0.2) is 4.79 Å². The average molecular weight is 278 g/mol. The van der Waals surface area contributed by atoms with Crippen molar-refractivity contribution in [3.05, 3.63) is 0 Å². The van der Waals surface area contributed by atoms with E-state index in [1.807, 2.05) is 0 Å². The fraction of sp³-hybridized carbons (Fsp3) is 0.800. The van der Waals surface area contributed by atoms with Gasteiger partial charge in [-0.1, -0.05) is 15.9 Å². The zero-order valence-electron chi connectivity index (χ0n) is 9.03. The molecule has 0 aromatic rings. The largest absolute Gasteiger partial charge is 0.464 e. The van der Waals surface area contributed by atoms with Gasteiger partial charge in [0, 0.05) is 6.54 Å². The summed E-state index contributed by atoms with van der Waals surface area (Å²) in [6.45, 7) is 4.55. The monoisotopic (exact) mass is 277 g/mol. The minimum absolute atomic E-state index is 0.0365. The molecule has 1 saturated heterocycles. The number of esters is 1. The van der Waals surface area contributed by atoms with Crippen LogP contribution in [0.3, 0.4) is 0 Å². The highest BCUT2D eigenvalue weighted by atomic mass is 79.9. The van der Waals surface area contributed by atoms with Crippen molar-refractivity contribution < 1.29 is 14.3 Å². The Morgan fingerprint density at radius 2 is 2.27 bits per heavy atom. The standard InChI is InChI=1S/C10H16BrNO3/c1-3-15-10(14)8-5-4-6-12(8)9(13)7(2)11/h7-8H,3-6H2,1-2H3/t7?,8-/m0/s1. The Morgan fingerprint density at radius 1 is 1.60 bits per heavy atom. The van der Waals surface area contributed by atoms with E-state index in [4.69, 9.17) is 4.74 Å². The molecule has 15 heavy (non-hydrogen) atoms. The van der Waals surface area contributed by atoms with Gasteiger partial charge in [-0.15, -0.1) is 0 Å². The maximum absolute atomic E-state index is 11.7. The number of likely N-dealkylation sites (tertiary alicyclic amines) is 1. The lowest BCUT2D eigenvalue weighted by Gasteiger charge is -2.24. The van der Waals surface area contributed by atoms with E-state index in [1.165, 1.54) is 0 Å². The first-order valence-corrected chi connectivity index (χ1v) is 6.10. The highest BCUT2D eigenvalue weighted by molar-refractivity contribution is 9.10. The molecule has 1 fully saturated rings. The first-order chi connectivity index (χ1) is 7.07. The van der Waals surface area contributed by atoms with Crippen LogP contribution in [-0.4, -0.2) is 40.8 Å². The number of carbonyl (C=O) groups is 2. The molecule has 0 saturated carbocycles. The Morgan fingerprint density at radius 3 is 2.80 bits per heavy atom. The van der Waals surface area contributed by atoms with Crippen molar-refractivity contribution in [2.45, 2.75) is 37.6 Å². The number of alkyl halides is 1. The molecule has 1 aliphatic rings. The topological polar surface area (TPSA) is 46.6 Å². The molecule has 2 atom stereocenters. The molecule has 1 heterocycles. The third-order valence-electron chi connectivity index (χ3n) is 2.43. The van der Waals surface area contributed by atoms with Crippen LogP contribution in [-0.2, 0) is 14.3 Å². The van der Waals surface area contributed by atoms with Gasteiger partial charge in [-0.05, 0) is 26.7 Å². The molecule has 0 aliphatic carbocycles. The van der Waals surface area contributed by atoms with E-state index >= 15 is 0 Å². The van der Waals surface area contributed by atoms with E-state index in [9.17, 15) is 9.59 Å². The van der Waals surface area contributed by atoms with Gasteiger partial charge < -0.3 is 9.64 Å². The fourth-order valence-corrected chi connectivity index (χ4v) is 2.01. The molecule has 4 nitrogen and oxygen atoms in total. The van der Waals surface area contributed by atoms with Gasteiger partial charge in [0.2, 0.25) is 5.91 Å². The molecule has 5 heteroatoms. The van der Waals surface area contributed by atoms with Crippen LogP contribution in [0.2, 0.25) is 0 Å². The van der Waals surface area contributed by atoms with Crippen LogP contribution in [0.15, 0.2) is 0 Å². The predicted octanol–water partition coefficient (Wildman–Crippen LogP) is 1.32. The second kappa shape index (κ2) is 5.49. The highest BCUT2D eigenvalue weighted by Gasteiger charge is 2.36. The number of hydrogen-bond acceptors (Lipinski definition) is 3. The number of hydrogen-bond donors (Lipinski definition) is 0. The molecular formula is C10H16BrNO3. The van der Waals surface area contributed by atoms with Crippen molar-refractivity contribution in [1.29, 1.82) is 0 Å². The van der Waals surface area contributed by atoms with Crippen LogP contribution < -0.4 is 0 Å². The molecule has 0 bridgehead atoms. The number of ether oxygens (including phenoxy) is 1. The van der Waals surface area contributed by atoms with Gasteiger partial charge in [0.05, 0.1) is 11.4 Å². The minimum atomic E-state index is -0.377. The molecule has 0 radical (unpaired) electrons. The van der Waals surface area contributed by atoms with Crippen molar-refractivity contribution in [1.82, 2.24) is 4.90 Å². The van der Waals surface area contributed by atoms with E-state index in [0.717, 1.165) is 6.42 Å². The summed E-state index contributed by atoms with van der Waals surface area (Å²) >= 11 is 3.22. The van der Waals surface area contributed by atoms with Gasteiger partial charge in [0.25, 0.3) is 0 Å². The average Bonchev–Trinajstić information content (AvgIpc) is 2.65. The molecule has 1 rings (SSSR count). The summed E-state index contributed by atoms with van der Waals surface area (Å²) in [6, 6.07) is -0.377. The second-order valence-corrected chi connectivity index (χ2v) is 4.93. The Kier molecular flexibility index (Phi) is 4.57. The van der Waals surface area contributed by atoms with E-state index in [2.05, 4.69) is 15.9 Å². The molecule has 1 amide bonds. The number of nitrogens with zero attached hydrogens (tertiary/aromatic N) is 1. The van der Waals surface area contributed by atoms with Crippen molar-refractivity contribution in [3.63, 3.8) is 0 Å². The minimum Gasteiger partial charge on any atom is -0.464 e. The van der Waals surface area contributed by atoms with Crippen LogP contribution in [0.1, 0.15) is 26.7 Å². The second-order valence-electron chi connectivity index (χ2n) is 3.56. The number of rotatable bonds is 3. The molecule has 0 N–H and O–H groups in total. The Hall–Kier alpha value is -0.580. The lowest BCUT2D eigenvalue weighted by molar-refractivity contribution is -0.152. The molecule has 1 aliphatic heterocycles. The van der Waals surface area contributed by atoms with Crippen molar-refractivity contribution in [3.8, 4) is 0 Å². The summed E-state index contributed by atoms with van der Waals surface area (Å²) in [7, 11) is 0. The summed E-state index contributed by atoms with van der Waals surface area (Å²) in [6.07, 6.45) is 1.58. The lowest BCUT2D eigenvalue weighted by atomic mass is 10.2. The van der Waals surface area contributed by atoms with Gasteiger partial charge >= 0.3 is 5.97 Å². The van der Waals surface area contributed by atoms with E-state index in [0.29, 0.717) is 19.6 Å². The maximum atomic E-state index is 11.7. The molecule has 1 unspecified atom stereocenters. The van der Waals surface area contributed by atoms with Crippen LogP contribution in [0.4, 0.5) is 0 Å². The molecular weight excluding hydrogens is 262 g/mol. The third-order valence-corrected chi connectivity index (χ3v) is 2.83. The van der Waals surface area contributed by atoms with Crippen LogP contribution in [0, 0.1) is 0 Å². The molecule has 0 aromatic carbocycles. The molecule has 0 aromatic heterocycles. The van der Waals surface area contributed by atoms with E-state index in [1.54, 1.807) is 18.7 Å². The van der Waals surface area contributed by atoms with Crippen LogP contribution >= 0.6 is 15.9 Å². The maximum Gasteiger partial charge on any atom is 0.328 e. The first-order valence-electron chi connectivity index (χ1n) is 5.19. The summed E-state index contributed by atoms with van der Waals surface area (Å²) in [5.41, 5.74) is 0. The summed E-state index contributed by atoms with van der Waals surface area (Å²) in [5.74, 6) is -0.318. The Bertz CT molecular complexity index is 255. The summed E-state index contributed by atoms with van der Waals surface area (Å²) in [4.78, 5) is 24.7. The molecule has 0 spiro atoms. The number of halogens is 1. The quantitative estimate of drug-likeness (QED) is 0.578. The van der Waals surface area contributed by atoms with Crippen LogP contribution in [0.5, 0.6) is 0 Å². The number of amides is 1. The number of carbonyl (C=O) groups excluding carboxylic acids is 2. The van der Waals surface area contributed by atoms with Crippen molar-refractivity contribution in [2.24, 2.45) is 0 Å². The smallest absolute Gasteiger partial charge is 0.328 e. The van der Waals surface area contributed by atoms with Gasteiger partial charge in [-0.2, -0.15) is 0 Å². The van der Waals surface area contributed by atoms with E-state index < -0.39 is 0 Å². The normalized spacial score (nSPS) is 22.6. The third kappa shape index (κ3) is 2.93. The van der Waals surface area contributed by atoms with Gasteiger partial charge in [0.15, 0.2) is 0 Å². The summed E-state index contributed by atoms with van der Waals surface area (Å²) < 4.78 is 4.94.